The molecule has 1 N–H and O–H groups in total. The third-order valence-electron chi connectivity index (χ3n) is 4.70. The maximum Gasteiger partial charge on any atom is 0.0235 e. The maximum absolute atomic E-state index is 3.38. The molecule has 1 heterocycles. The quantitative estimate of drug-likeness (QED) is 0.811. The van der Waals surface area contributed by atoms with Crippen LogP contribution >= 0.6 is 0 Å². The maximum atomic E-state index is 3.38. The van der Waals surface area contributed by atoms with E-state index in [0.717, 1.165) is 26.1 Å². The Labute approximate surface area is 130 Å². The average Bonchev–Trinajstić information content (AvgIpc) is 2.47. The van der Waals surface area contributed by atoms with Gasteiger partial charge in [0.05, 0.1) is 0 Å². The Morgan fingerprint density at radius 3 is 2.19 bits per heavy atom. The number of nitrogens with one attached hydrogen (secondary N) is 1. The monoisotopic (exact) mass is 289 g/mol. The molecule has 1 aromatic rings. The molecule has 0 radical (unpaired) electrons. The third kappa shape index (κ3) is 4.80. The van der Waals surface area contributed by atoms with Crippen LogP contribution in [-0.2, 0) is 13.0 Å². The smallest absolute Gasteiger partial charge is 0.0235 e. The van der Waals surface area contributed by atoms with Gasteiger partial charge in [0.25, 0.3) is 0 Å². The highest BCUT2D eigenvalue weighted by molar-refractivity contribution is 5.23. The second-order valence-electron chi connectivity index (χ2n) is 6.48. The molecule has 3 nitrogen and oxygen atoms in total. The Morgan fingerprint density at radius 2 is 1.62 bits per heavy atom. The van der Waals surface area contributed by atoms with Crippen LogP contribution in [0.15, 0.2) is 24.3 Å². The summed E-state index contributed by atoms with van der Waals surface area (Å²) in [5.74, 6) is 0. The van der Waals surface area contributed by atoms with E-state index in [2.05, 4.69) is 67.2 Å². The number of hydrogen-bond donors (Lipinski definition) is 1. The molecule has 0 amide bonds. The number of hydrogen-bond acceptors (Lipinski definition) is 3. The lowest BCUT2D eigenvalue weighted by Crippen LogP contribution is -2.54. The summed E-state index contributed by atoms with van der Waals surface area (Å²) in [6.07, 6.45) is 1.12. The van der Waals surface area contributed by atoms with Crippen LogP contribution in [0.1, 0.15) is 31.9 Å². The molecule has 0 aromatic heterocycles. The fraction of sp³-hybridized carbons (Fsp3) is 0.667. The van der Waals surface area contributed by atoms with Crippen LogP contribution in [0.25, 0.3) is 0 Å². The van der Waals surface area contributed by atoms with Crippen molar-refractivity contribution in [3.8, 4) is 0 Å². The van der Waals surface area contributed by atoms with Gasteiger partial charge in [0.15, 0.2) is 0 Å². The van der Waals surface area contributed by atoms with Crippen LogP contribution < -0.4 is 5.32 Å². The van der Waals surface area contributed by atoms with Crippen molar-refractivity contribution >= 4 is 0 Å². The molecule has 1 aliphatic rings. The van der Waals surface area contributed by atoms with Gasteiger partial charge in [-0.1, -0.05) is 31.2 Å². The molecule has 1 saturated heterocycles. The Bertz CT molecular complexity index is 403. The minimum absolute atomic E-state index is 0.646. The summed E-state index contributed by atoms with van der Waals surface area (Å²) in [6, 6.07) is 10.5. The molecule has 1 fully saturated rings. The Balaban J connectivity index is 1.85. The second kappa shape index (κ2) is 7.92. The topological polar surface area (TPSA) is 18.5 Å². The van der Waals surface area contributed by atoms with E-state index in [1.807, 2.05) is 0 Å². The zero-order chi connectivity index (χ0) is 15.2. The standard InChI is InChI=1S/C18H31N3/c1-5-19-11-10-17-6-8-18(9-7-17)14-21-12-15(2)20(4)16(3)13-21/h6-9,15-16,19H,5,10-14H2,1-4H3. The van der Waals surface area contributed by atoms with Crippen molar-refractivity contribution < 1.29 is 0 Å². The van der Waals surface area contributed by atoms with E-state index in [1.165, 1.54) is 24.2 Å². The summed E-state index contributed by atoms with van der Waals surface area (Å²) in [5.41, 5.74) is 2.87. The summed E-state index contributed by atoms with van der Waals surface area (Å²) in [7, 11) is 2.24. The van der Waals surface area contributed by atoms with E-state index in [-0.39, 0.29) is 0 Å². The lowest BCUT2D eigenvalue weighted by Gasteiger charge is -2.42. The van der Waals surface area contributed by atoms with Gasteiger partial charge >= 0.3 is 0 Å². The SMILES string of the molecule is CCNCCc1ccc(CN2CC(C)N(C)C(C)C2)cc1. The summed E-state index contributed by atoms with van der Waals surface area (Å²) >= 11 is 0. The molecule has 118 valence electrons. The van der Waals surface area contributed by atoms with Gasteiger partial charge in [-0.15, -0.1) is 0 Å². The normalized spacial score (nSPS) is 24.4. The van der Waals surface area contributed by atoms with Gasteiger partial charge in [-0.25, -0.2) is 0 Å². The highest BCUT2D eigenvalue weighted by Gasteiger charge is 2.26. The van der Waals surface area contributed by atoms with Crippen LogP contribution in [-0.4, -0.2) is 55.1 Å². The van der Waals surface area contributed by atoms with Gasteiger partial charge in [-0.3, -0.25) is 9.80 Å². The first-order valence-electron chi connectivity index (χ1n) is 8.33. The van der Waals surface area contributed by atoms with E-state index in [9.17, 15) is 0 Å². The molecule has 2 unspecified atom stereocenters. The number of piperazine rings is 1. The van der Waals surface area contributed by atoms with Crippen molar-refractivity contribution in [2.45, 2.75) is 45.8 Å². The summed E-state index contributed by atoms with van der Waals surface area (Å²) < 4.78 is 0. The third-order valence-corrected chi connectivity index (χ3v) is 4.70. The summed E-state index contributed by atoms with van der Waals surface area (Å²) in [4.78, 5) is 5.07. The van der Waals surface area contributed by atoms with E-state index in [4.69, 9.17) is 0 Å². The first-order chi connectivity index (χ1) is 10.1. The van der Waals surface area contributed by atoms with Crippen molar-refractivity contribution in [3.63, 3.8) is 0 Å². The molecule has 1 aromatic carbocycles. The molecular formula is C18H31N3. The Morgan fingerprint density at radius 1 is 1.05 bits per heavy atom. The van der Waals surface area contributed by atoms with E-state index in [0.29, 0.717) is 12.1 Å². The number of benzene rings is 1. The molecule has 0 bridgehead atoms. The predicted molar refractivity (Wildman–Crippen MR) is 90.7 cm³/mol. The minimum Gasteiger partial charge on any atom is -0.317 e. The summed E-state index contributed by atoms with van der Waals surface area (Å²) in [5, 5.41) is 3.38. The highest BCUT2D eigenvalue weighted by Crippen LogP contribution is 2.16. The van der Waals surface area contributed by atoms with Crippen LogP contribution in [0.2, 0.25) is 0 Å². The van der Waals surface area contributed by atoms with E-state index < -0.39 is 0 Å². The molecule has 2 rings (SSSR count). The largest absolute Gasteiger partial charge is 0.317 e. The molecule has 0 saturated carbocycles. The fourth-order valence-corrected chi connectivity index (χ4v) is 3.12. The molecule has 3 heteroatoms. The van der Waals surface area contributed by atoms with Crippen molar-refractivity contribution in [3.05, 3.63) is 35.4 Å². The van der Waals surface area contributed by atoms with Crippen LogP contribution in [0.4, 0.5) is 0 Å². The zero-order valence-corrected chi connectivity index (χ0v) is 14.1. The first-order valence-corrected chi connectivity index (χ1v) is 8.33. The Kier molecular flexibility index (Phi) is 6.22. The fourth-order valence-electron chi connectivity index (χ4n) is 3.12. The first kappa shape index (κ1) is 16.5. The average molecular weight is 289 g/mol. The molecule has 0 aliphatic carbocycles. The molecule has 21 heavy (non-hydrogen) atoms. The minimum atomic E-state index is 0.646. The molecule has 0 spiro atoms. The van der Waals surface area contributed by atoms with Crippen molar-refractivity contribution in [2.75, 3.05) is 33.2 Å². The highest BCUT2D eigenvalue weighted by atomic mass is 15.3. The molecule has 2 atom stereocenters. The lowest BCUT2D eigenvalue weighted by atomic mass is 10.1. The van der Waals surface area contributed by atoms with Gasteiger partial charge < -0.3 is 5.32 Å². The number of nitrogens with zero attached hydrogens (tertiary/aromatic N) is 2. The van der Waals surface area contributed by atoms with Gasteiger partial charge in [0.2, 0.25) is 0 Å². The molecular weight excluding hydrogens is 258 g/mol. The van der Waals surface area contributed by atoms with Crippen LogP contribution in [0.5, 0.6) is 0 Å². The van der Waals surface area contributed by atoms with Crippen molar-refractivity contribution in [2.24, 2.45) is 0 Å². The number of rotatable bonds is 6. The van der Waals surface area contributed by atoms with Gasteiger partial charge in [0.1, 0.15) is 0 Å². The van der Waals surface area contributed by atoms with Crippen molar-refractivity contribution in [1.29, 1.82) is 0 Å². The van der Waals surface area contributed by atoms with Gasteiger partial charge in [0, 0.05) is 31.7 Å². The van der Waals surface area contributed by atoms with E-state index >= 15 is 0 Å². The van der Waals surface area contributed by atoms with Crippen LogP contribution in [0.3, 0.4) is 0 Å². The lowest BCUT2D eigenvalue weighted by molar-refractivity contribution is 0.0556. The number of likely N-dealkylation sites (N-methyl/N-ethyl adjacent to an activating group) is 2. The Hall–Kier alpha value is -0.900. The predicted octanol–water partition coefficient (Wildman–Crippen LogP) is 2.36. The molecule has 1 aliphatic heterocycles. The van der Waals surface area contributed by atoms with E-state index in [1.54, 1.807) is 0 Å². The summed E-state index contributed by atoms with van der Waals surface area (Å²) in [6.45, 7) is 12.4. The van der Waals surface area contributed by atoms with Gasteiger partial charge in [-0.05, 0) is 51.5 Å². The zero-order valence-electron chi connectivity index (χ0n) is 14.1. The second-order valence-corrected chi connectivity index (χ2v) is 6.48. The van der Waals surface area contributed by atoms with Crippen molar-refractivity contribution in [1.82, 2.24) is 15.1 Å². The van der Waals surface area contributed by atoms with Crippen LogP contribution in [0, 0.1) is 0 Å². The van der Waals surface area contributed by atoms with Gasteiger partial charge in [-0.2, -0.15) is 0 Å².